The van der Waals surface area contributed by atoms with Crippen molar-refractivity contribution in [1.82, 2.24) is 0 Å². The Balaban J connectivity index is 1.58. The molecule has 0 aromatic heterocycles. The molecule has 5 heteroatoms. The quantitative estimate of drug-likeness (QED) is 0.312. The number of esters is 2. The monoisotopic (exact) mass is 296 g/mol. The maximum atomic E-state index is 12.0. The summed E-state index contributed by atoms with van der Waals surface area (Å²) in [5.41, 5.74) is 0.327. The van der Waals surface area contributed by atoms with E-state index < -0.39 is 12.3 Å². The van der Waals surface area contributed by atoms with Crippen LogP contribution in [-0.2, 0) is 23.8 Å². The third kappa shape index (κ3) is 4.30. The molecule has 0 saturated heterocycles. The summed E-state index contributed by atoms with van der Waals surface area (Å²) in [5.74, 6) is 0.755. The molecular weight excluding hydrogens is 272 g/mol. The maximum Gasteiger partial charge on any atom is 0.335 e. The first-order valence-corrected chi connectivity index (χ1v) is 7.62. The standard InChI is InChI=1S/C16H24O5/c1-10(2)15(17)21-11(3)19-6-7-20-16(18)14-9-12-4-5-13(14)8-12/h11-14H,1,4-9H2,2-3H3. The minimum Gasteiger partial charge on any atom is -0.463 e. The largest absolute Gasteiger partial charge is 0.463 e. The summed E-state index contributed by atoms with van der Waals surface area (Å²) in [4.78, 5) is 23.2. The second kappa shape index (κ2) is 7.07. The van der Waals surface area contributed by atoms with E-state index in [-0.39, 0.29) is 25.1 Å². The lowest BCUT2D eigenvalue weighted by Gasteiger charge is -2.20. The lowest BCUT2D eigenvalue weighted by atomic mass is 9.89. The molecular formula is C16H24O5. The second-order valence-electron chi connectivity index (χ2n) is 6.07. The number of carbonyl (C=O) groups is 2. The number of hydrogen-bond donors (Lipinski definition) is 0. The smallest absolute Gasteiger partial charge is 0.335 e. The molecule has 21 heavy (non-hydrogen) atoms. The first kappa shape index (κ1) is 16.0. The molecule has 4 unspecified atom stereocenters. The zero-order valence-corrected chi connectivity index (χ0v) is 12.8. The average Bonchev–Trinajstić information content (AvgIpc) is 3.05. The normalized spacial score (nSPS) is 28.2. The Kier molecular flexibility index (Phi) is 5.39. The fourth-order valence-corrected chi connectivity index (χ4v) is 3.28. The molecule has 0 N–H and O–H groups in total. The van der Waals surface area contributed by atoms with Crippen molar-refractivity contribution in [3.63, 3.8) is 0 Å². The van der Waals surface area contributed by atoms with Crippen molar-refractivity contribution in [3.05, 3.63) is 12.2 Å². The minimum absolute atomic E-state index is 0.0856. The van der Waals surface area contributed by atoms with Crippen LogP contribution in [0.5, 0.6) is 0 Å². The third-order valence-electron chi connectivity index (χ3n) is 4.34. The van der Waals surface area contributed by atoms with Gasteiger partial charge >= 0.3 is 11.9 Å². The van der Waals surface area contributed by atoms with Gasteiger partial charge < -0.3 is 14.2 Å². The van der Waals surface area contributed by atoms with Crippen molar-refractivity contribution in [3.8, 4) is 0 Å². The molecule has 118 valence electrons. The van der Waals surface area contributed by atoms with Crippen LogP contribution in [-0.4, -0.2) is 31.4 Å². The van der Waals surface area contributed by atoms with Crippen LogP contribution in [0.15, 0.2) is 12.2 Å². The van der Waals surface area contributed by atoms with Crippen LogP contribution in [0.25, 0.3) is 0 Å². The highest BCUT2D eigenvalue weighted by atomic mass is 16.7. The zero-order valence-electron chi connectivity index (χ0n) is 12.8. The van der Waals surface area contributed by atoms with E-state index >= 15 is 0 Å². The molecule has 2 saturated carbocycles. The van der Waals surface area contributed by atoms with E-state index in [1.807, 2.05) is 0 Å². The van der Waals surface area contributed by atoms with E-state index in [1.165, 1.54) is 12.8 Å². The minimum atomic E-state index is -0.671. The first-order chi connectivity index (χ1) is 9.97. The SMILES string of the molecule is C=C(C)C(=O)OC(C)OCCOC(=O)C1CC2CCC1C2. The molecule has 0 aliphatic heterocycles. The van der Waals surface area contributed by atoms with Gasteiger partial charge in [0.1, 0.15) is 6.61 Å². The van der Waals surface area contributed by atoms with E-state index in [2.05, 4.69) is 6.58 Å². The molecule has 0 spiro atoms. The number of rotatable bonds is 7. The highest BCUT2D eigenvalue weighted by Gasteiger charge is 2.43. The number of hydrogen-bond acceptors (Lipinski definition) is 5. The number of fused-ring (bicyclic) bond motifs is 2. The van der Waals surface area contributed by atoms with Gasteiger partial charge in [-0.2, -0.15) is 0 Å². The second-order valence-corrected chi connectivity index (χ2v) is 6.07. The van der Waals surface area contributed by atoms with Crippen LogP contribution < -0.4 is 0 Å². The van der Waals surface area contributed by atoms with Gasteiger partial charge in [-0.3, -0.25) is 4.79 Å². The van der Waals surface area contributed by atoms with E-state index in [4.69, 9.17) is 14.2 Å². The van der Waals surface area contributed by atoms with Crippen molar-refractivity contribution >= 4 is 11.9 Å². The molecule has 0 amide bonds. The molecule has 2 bridgehead atoms. The van der Waals surface area contributed by atoms with E-state index in [9.17, 15) is 9.59 Å². The Morgan fingerprint density at radius 1 is 1.24 bits per heavy atom. The van der Waals surface area contributed by atoms with Crippen LogP contribution in [0.1, 0.15) is 39.5 Å². The molecule has 0 aromatic carbocycles. The highest BCUT2D eigenvalue weighted by molar-refractivity contribution is 5.86. The van der Waals surface area contributed by atoms with E-state index in [0.717, 1.165) is 18.8 Å². The molecule has 2 aliphatic rings. The third-order valence-corrected chi connectivity index (χ3v) is 4.34. The van der Waals surface area contributed by atoms with Crippen LogP contribution in [0.2, 0.25) is 0 Å². The molecule has 0 heterocycles. The molecule has 0 radical (unpaired) electrons. The summed E-state index contributed by atoms with van der Waals surface area (Å²) >= 11 is 0. The van der Waals surface area contributed by atoms with E-state index in [0.29, 0.717) is 11.5 Å². The van der Waals surface area contributed by atoms with Crippen LogP contribution >= 0.6 is 0 Å². The van der Waals surface area contributed by atoms with E-state index in [1.54, 1.807) is 13.8 Å². The molecule has 2 aliphatic carbocycles. The lowest BCUT2D eigenvalue weighted by Crippen LogP contribution is -2.26. The van der Waals surface area contributed by atoms with Crippen molar-refractivity contribution < 1.29 is 23.8 Å². The Labute approximate surface area is 125 Å². The average molecular weight is 296 g/mol. The van der Waals surface area contributed by atoms with Crippen LogP contribution in [0.4, 0.5) is 0 Å². The van der Waals surface area contributed by atoms with Crippen molar-refractivity contribution in [2.45, 2.75) is 45.8 Å². The molecule has 4 atom stereocenters. The summed E-state index contributed by atoms with van der Waals surface area (Å²) < 4.78 is 15.5. The zero-order chi connectivity index (χ0) is 15.4. The van der Waals surface area contributed by atoms with Gasteiger partial charge in [0.25, 0.3) is 0 Å². The lowest BCUT2D eigenvalue weighted by molar-refractivity contribution is -0.175. The Morgan fingerprint density at radius 3 is 2.57 bits per heavy atom. The summed E-state index contributed by atoms with van der Waals surface area (Å²) in [6, 6.07) is 0. The van der Waals surface area contributed by atoms with Gasteiger partial charge in [0.2, 0.25) is 6.29 Å². The fourth-order valence-electron chi connectivity index (χ4n) is 3.28. The van der Waals surface area contributed by atoms with Gasteiger partial charge in [-0.15, -0.1) is 0 Å². The van der Waals surface area contributed by atoms with Gasteiger partial charge in [0, 0.05) is 5.57 Å². The summed E-state index contributed by atoms with van der Waals surface area (Å²) in [6.45, 7) is 7.11. The van der Waals surface area contributed by atoms with Crippen molar-refractivity contribution in [2.24, 2.45) is 17.8 Å². The Bertz CT molecular complexity index is 417. The van der Waals surface area contributed by atoms with Gasteiger partial charge in [-0.1, -0.05) is 13.0 Å². The predicted molar refractivity (Wildman–Crippen MR) is 76.2 cm³/mol. The predicted octanol–water partition coefficient (Wildman–Crippen LogP) is 2.45. The number of ether oxygens (including phenoxy) is 3. The molecule has 2 rings (SSSR count). The van der Waals surface area contributed by atoms with Gasteiger partial charge in [0.05, 0.1) is 12.5 Å². The van der Waals surface area contributed by atoms with Gasteiger partial charge in [-0.25, -0.2) is 4.79 Å². The molecule has 5 nitrogen and oxygen atoms in total. The maximum absolute atomic E-state index is 12.0. The van der Waals surface area contributed by atoms with Crippen LogP contribution in [0, 0.1) is 17.8 Å². The van der Waals surface area contributed by atoms with Crippen molar-refractivity contribution in [1.29, 1.82) is 0 Å². The van der Waals surface area contributed by atoms with Gasteiger partial charge in [-0.05, 0) is 44.9 Å². The summed E-state index contributed by atoms with van der Waals surface area (Å²) in [6.07, 6.45) is 3.93. The molecule has 2 fully saturated rings. The van der Waals surface area contributed by atoms with Gasteiger partial charge in [0.15, 0.2) is 0 Å². The Morgan fingerprint density at radius 2 is 2.00 bits per heavy atom. The first-order valence-electron chi connectivity index (χ1n) is 7.62. The summed E-state index contributed by atoms with van der Waals surface area (Å²) in [7, 11) is 0. The fraction of sp³-hybridized carbons (Fsp3) is 0.750. The Hall–Kier alpha value is -1.36. The summed E-state index contributed by atoms with van der Waals surface area (Å²) in [5, 5.41) is 0. The molecule has 0 aromatic rings. The van der Waals surface area contributed by atoms with Crippen molar-refractivity contribution in [2.75, 3.05) is 13.2 Å². The van der Waals surface area contributed by atoms with Crippen LogP contribution in [0.3, 0.4) is 0 Å². The number of carbonyl (C=O) groups excluding carboxylic acids is 2. The highest BCUT2D eigenvalue weighted by Crippen LogP contribution is 2.48. The topological polar surface area (TPSA) is 61.8 Å².